The van der Waals surface area contributed by atoms with Crippen molar-refractivity contribution in [3.63, 3.8) is 0 Å². The van der Waals surface area contributed by atoms with Crippen LogP contribution in [0.5, 0.6) is 0 Å². The van der Waals surface area contributed by atoms with Crippen molar-refractivity contribution in [1.29, 1.82) is 0 Å². The van der Waals surface area contributed by atoms with E-state index in [4.69, 9.17) is 4.74 Å². The molecular weight excluding hydrogens is 354 g/mol. The third kappa shape index (κ3) is 4.34. The monoisotopic (exact) mass is 387 g/mol. The molecule has 26 heavy (non-hydrogen) atoms. The topological polar surface area (TPSA) is 79.0 Å². The van der Waals surface area contributed by atoms with Crippen molar-refractivity contribution in [3.05, 3.63) is 0 Å². The number of hydrogen-bond donors (Lipinski definition) is 1. The number of nitrogens with one attached hydrogen (secondary N) is 1. The fourth-order valence-corrected chi connectivity index (χ4v) is 6.35. The second kappa shape index (κ2) is 8.02. The Kier molecular flexibility index (Phi) is 6.14. The fourth-order valence-electron chi connectivity index (χ4n) is 4.38. The molecule has 1 N–H and O–H groups in total. The molecule has 0 radical (unpaired) electrons. The summed E-state index contributed by atoms with van der Waals surface area (Å²) < 4.78 is 31.7. The molecule has 0 unspecified atom stereocenters. The van der Waals surface area contributed by atoms with Gasteiger partial charge < -0.3 is 19.9 Å². The van der Waals surface area contributed by atoms with Crippen LogP contribution in [0.2, 0.25) is 0 Å². The van der Waals surface area contributed by atoms with Gasteiger partial charge in [0.25, 0.3) is 0 Å². The molecule has 7 nitrogen and oxygen atoms in total. The lowest BCUT2D eigenvalue weighted by molar-refractivity contribution is -0.119. The summed E-state index contributed by atoms with van der Waals surface area (Å²) in [6.07, 6.45) is 6.97. The highest BCUT2D eigenvalue weighted by atomic mass is 32.2. The largest absolute Gasteiger partial charge is 0.369 e. The normalized spacial score (nSPS) is 28.1. The van der Waals surface area contributed by atoms with E-state index in [-0.39, 0.29) is 18.4 Å². The van der Waals surface area contributed by atoms with Crippen molar-refractivity contribution in [3.8, 4) is 0 Å². The molecule has 150 valence electrons. The molecule has 0 aromatic heterocycles. The van der Waals surface area contributed by atoms with Crippen LogP contribution >= 0.6 is 0 Å². The fraction of sp³-hybridized carbons (Fsp3) is 0.944. The maximum atomic E-state index is 12.8. The van der Waals surface area contributed by atoms with Gasteiger partial charge in [-0.2, -0.15) is 0 Å². The van der Waals surface area contributed by atoms with Crippen LogP contribution in [0.1, 0.15) is 45.4 Å². The maximum Gasteiger partial charge on any atom is 0.317 e. The second-order valence-electron chi connectivity index (χ2n) is 8.24. The van der Waals surface area contributed by atoms with Crippen molar-refractivity contribution < 1.29 is 17.9 Å². The van der Waals surface area contributed by atoms with Crippen molar-refractivity contribution in [2.45, 2.75) is 62.3 Å². The van der Waals surface area contributed by atoms with Crippen LogP contribution in [-0.4, -0.2) is 86.7 Å². The molecule has 1 aliphatic carbocycles. The average molecular weight is 388 g/mol. The van der Waals surface area contributed by atoms with E-state index in [0.717, 1.165) is 19.3 Å². The van der Waals surface area contributed by atoms with Gasteiger partial charge >= 0.3 is 6.03 Å². The Labute approximate surface area is 157 Å². The maximum absolute atomic E-state index is 12.8. The van der Waals surface area contributed by atoms with Crippen molar-refractivity contribution in [2.75, 3.05) is 45.6 Å². The lowest BCUT2D eigenvalue weighted by Crippen LogP contribution is -2.72. The van der Waals surface area contributed by atoms with Crippen LogP contribution in [0.15, 0.2) is 0 Å². The van der Waals surface area contributed by atoms with Crippen molar-refractivity contribution in [2.24, 2.45) is 0 Å². The number of likely N-dealkylation sites (tertiary alicyclic amines) is 1. The SMILES string of the molecule is CCCNC(=O)N1CC2(C1)CS(=O)(=O)[C@@H](CN(C)C1CCCCC1)CO2. The highest BCUT2D eigenvalue weighted by molar-refractivity contribution is 7.92. The number of carbonyl (C=O) groups excluding carboxylic acids is 1. The Bertz CT molecular complexity index is 598. The zero-order valence-electron chi connectivity index (χ0n) is 16.1. The summed E-state index contributed by atoms with van der Waals surface area (Å²) >= 11 is 0. The molecular formula is C18H33N3O4S. The number of sulfone groups is 1. The molecule has 0 aromatic carbocycles. The summed E-state index contributed by atoms with van der Waals surface area (Å²) in [5, 5.41) is 2.37. The van der Waals surface area contributed by atoms with Crippen LogP contribution in [0, 0.1) is 0 Å². The first-order chi connectivity index (χ1) is 12.4. The first-order valence-corrected chi connectivity index (χ1v) is 11.7. The molecule has 3 aliphatic rings. The molecule has 2 saturated heterocycles. The van der Waals surface area contributed by atoms with E-state index in [2.05, 4.69) is 10.2 Å². The van der Waals surface area contributed by atoms with E-state index < -0.39 is 20.7 Å². The van der Waals surface area contributed by atoms with Crippen LogP contribution in [0.3, 0.4) is 0 Å². The summed E-state index contributed by atoms with van der Waals surface area (Å²) in [6, 6.07) is 0.369. The summed E-state index contributed by atoms with van der Waals surface area (Å²) in [4.78, 5) is 15.8. The molecule has 2 amide bonds. The smallest absolute Gasteiger partial charge is 0.317 e. The molecule has 1 spiro atoms. The summed E-state index contributed by atoms with van der Waals surface area (Å²) in [6.45, 7) is 4.16. The number of ether oxygens (including phenoxy) is 1. The molecule has 2 heterocycles. The zero-order chi connectivity index (χ0) is 18.8. The average Bonchev–Trinajstić information content (AvgIpc) is 2.59. The third-order valence-electron chi connectivity index (χ3n) is 6.01. The van der Waals surface area contributed by atoms with Crippen LogP contribution in [0.4, 0.5) is 4.79 Å². The van der Waals surface area contributed by atoms with Crippen LogP contribution < -0.4 is 5.32 Å². The van der Waals surface area contributed by atoms with Crippen molar-refractivity contribution >= 4 is 15.9 Å². The van der Waals surface area contributed by atoms with Gasteiger partial charge in [-0.1, -0.05) is 26.2 Å². The minimum atomic E-state index is -3.22. The number of carbonyl (C=O) groups is 1. The molecule has 0 bridgehead atoms. The highest BCUT2D eigenvalue weighted by Gasteiger charge is 2.54. The van der Waals surface area contributed by atoms with Gasteiger partial charge in [0.2, 0.25) is 0 Å². The Morgan fingerprint density at radius 2 is 1.96 bits per heavy atom. The Hall–Kier alpha value is -0.860. The highest BCUT2D eigenvalue weighted by Crippen LogP contribution is 2.33. The predicted octanol–water partition coefficient (Wildman–Crippen LogP) is 1.24. The number of amides is 2. The summed E-state index contributed by atoms with van der Waals surface area (Å²) in [5.41, 5.74) is -0.692. The van der Waals surface area contributed by atoms with Gasteiger partial charge in [-0.25, -0.2) is 13.2 Å². The minimum absolute atomic E-state index is 0.0285. The van der Waals surface area contributed by atoms with E-state index in [0.29, 0.717) is 32.2 Å². The molecule has 2 aliphatic heterocycles. The van der Waals surface area contributed by atoms with Gasteiger partial charge in [-0.3, -0.25) is 0 Å². The van der Waals surface area contributed by atoms with Gasteiger partial charge in [0.1, 0.15) is 5.60 Å². The quantitative estimate of drug-likeness (QED) is 0.768. The lowest BCUT2D eigenvalue weighted by Gasteiger charge is -2.52. The molecule has 1 saturated carbocycles. The Morgan fingerprint density at radius 1 is 1.27 bits per heavy atom. The van der Waals surface area contributed by atoms with Crippen LogP contribution in [0.25, 0.3) is 0 Å². The predicted molar refractivity (Wildman–Crippen MR) is 101 cm³/mol. The molecule has 3 rings (SSSR count). The zero-order valence-corrected chi connectivity index (χ0v) is 16.9. The van der Waals surface area contributed by atoms with E-state index in [1.54, 1.807) is 4.90 Å². The van der Waals surface area contributed by atoms with E-state index in [9.17, 15) is 13.2 Å². The van der Waals surface area contributed by atoms with Gasteiger partial charge in [-0.15, -0.1) is 0 Å². The Morgan fingerprint density at radius 3 is 2.58 bits per heavy atom. The molecule has 0 aromatic rings. The van der Waals surface area contributed by atoms with Crippen molar-refractivity contribution in [1.82, 2.24) is 15.1 Å². The first-order valence-electron chi connectivity index (χ1n) is 9.94. The number of nitrogens with zero attached hydrogens (tertiary/aromatic N) is 2. The summed E-state index contributed by atoms with van der Waals surface area (Å²) in [7, 11) is -1.18. The Balaban J connectivity index is 1.51. The number of rotatable bonds is 5. The first kappa shape index (κ1) is 19.9. The standard InChI is InChI=1S/C18H33N3O4S/c1-3-9-19-17(22)21-12-18(13-21)14-26(23,24)16(11-25-18)10-20(2)15-7-5-4-6-8-15/h15-16H,3-14H2,1-2H3,(H,19,22)/t16-/m0/s1. The molecule has 8 heteroatoms. The number of urea groups is 1. The van der Waals surface area contributed by atoms with Gasteiger partial charge in [0.15, 0.2) is 9.84 Å². The van der Waals surface area contributed by atoms with Gasteiger partial charge in [0.05, 0.1) is 30.7 Å². The second-order valence-corrected chi connectivity index (χ2v) is 10.5. The van der Waals surface area contributed by atoms with Gasteiger partial charge in [-0.05, 0) is 26.3 Å². The minimum Gasteiger partial charge on any atom is -0.369 e. The molecule has 1 atom stereocenters. The van der Waals surface area contributed by atoms with E-state index in [1.165, 1.54) is 19.3 Å². The van der Waals surface area contributed by atoms with Crippen LogP contribution in [-0.2, 0) is 14.6 Å². The van der Waals surface area contributed by atoms with E-state index >= 15 is 0 Å². The lowest BCUT2D eigenvalue weighted by atomic mass is 9.94. The summed E-state index contributed by atoms with van der Waals surface area (Å²) in [5.74, 6) is 0.0285. The third-order valence-corrected chi connectivity index (χ3v) is 8.24. The molecule has 3 fully saturated rings. The van der Waals surface area contributed by atoms with E-state index in [1.807, 2.05) is 14.0 Å². The van der Waals surface area contributed by atoms with Gasteiger partial charge in [0, 0.05) is 19.1 Å². The number of hydrogen-bond acceptors (Lipinski definition) is 5.